The molecular weight excluding hydrogens is 330 g/mol. The molecule has 1 N–H and O–H groups in total. The van der Waals surface area contributed by atoms with Crippen molar-refractivity contribution < 1.29 is 41.0 Å². The topological polar surface area (TPSA) is 46.5 Å². The van der Waals surface area contributed by atoms with Crippen LogP contribution in [0, 0.1) is 5.41 Å². The van der Waals surface area contributed by atoms with Crippen LogP contribution in [0.5, 0.6) is 0 Å². The first-order chi connectivity index (χ1) is 10.1. The van der Waals surface area contributed by atoms with Gasteiger partial charge in [0.05, 0.1) is 5.41 Å². The second-order valence-electron chi connectivity index (χ2n) is 5.94. The number of carbonyl (C=O) groups is 1. The first kappa shape index (κ1) is 22.0. The molecule has 9 heteroatoms. The molecule has 0 aliphatic heterocycles. The average molecular weight is 352 g/mol. The molecule has 0 spiro atoms. The van der Waals surface area contributed by atoms with Crippen LogP contribution in [0.4, 0.5) is 26.3 Å². The Kier molecular flexibility index (Phi) is 6.96. The fraction of sp³-hybridized carbons (Fsp3) is 0.929. The Labute approximate surface area is 131 Å². The number of aliphatic hydroxyl groups is 1. The molecule has 0 saturated heterocycles. The maximum absolute atomic E-state index is 12.6. The van der Waals surface area contributed by atoms with E-state index in [1.165, 1.54) is 6.92 Å². The zero-order valence-corrected chi connectivity index (χ0v) is 13.4. The van der Waals surface area contributed by atoms with Gasteiger partial charge < -0.3 is 9.84 Å². The Morgan fingerprint density at radius 1 is 1.09 bits per heavy atom. The maximum atomic E-state index is 12.6. The van der Waals surface area contributed by atoms with Crippen LogP contribution in [-0.2, 0) is 9.53 Å². The normalized spacial score (nSPS) is 17.5. The Balaban J connectivity index is 5.19. The van der Waals surface area contributed by atoms with Crippen LogP contribution in [-0.4, -0.2) is 35.1 Å². The summed E-state index contributed by atoms with van der Waals surface area (Å²) < 4.78 is 80.4. The molecule has 0 bridgehead atoms. The van der Waals surface area contributed by atoms with Gasteiger partial charge in [-0.25, -0.2) is 0 Å². The van der Waals surface area contributed by atoms with E-state index in [2.05, 4.69) is 0 Å². The molecule has 0 radical (unpaired) electrons. The smallest absolute Gasteiger partial charge is 0.426 e. The van der Waals surface area contributed by atoms with Crippen LogP contribution in [0.25, 0.3) is 0 Å². The van der Waals surface area contributed by atoms with Gasteiger partial charge in [0.1, 0.15) is 6.10 Å². The van der Waals surface area contributed by atoms with Gasteiger partial charge in [-0.1, -0.05) is 20.3 Å². The Bertz CT molecular complexity index is 390. The monoisotopic (exact) mass is 352 g/mol. The molecular formula is C14H22F6O3. The highest BCUT2D eigenvalue weighted by atomic mass is 19.4. The summed E-state index contributed by atoms with van der Waals surface area (Å²) in [5.74, 6) is -0.874. The molecule has 0 aliphatic rings. The van der Waals surface area contributed by atoms with Crippen LogP contribution in [0.3, 0.4) is 0 Å². The molecule has 0 aromatic heterocycles. The van der Waals surface area contributed by atoms with Gasteiger partial charge in [-0.2, -0.15) is 26.3 Å². The lowest BCUT2D eigenvalue weighted by Gasteiger charge is -2.35. The van der Waals surface area contributed by atoms with E-state index in [1.54, 1.807) is 13.8 Å². The molecule has 0 fully saturated rings. The molecule has 0 aromatic carbocycles. The van der Waals surface area contributed by atoms with Gasteiger partial charge in [0.15, 0.2) is 0 Å². The lowest BCUT2D eigenvalue weighted by atomic mass is 9.83. The van der Waals surface area contributed by atoms with Gasteiger partial charge in [-0.15, -0.1) is 0 Å². The first-order valence-corrected chi connectivity index (χ1v) is 7.21. The second kappa shape index (κ2) is 7.27. The number of halogens is 6. The summed E-state index contributed by atoms with van der Waals surface area (Å²) in [6.45, 7) is 5.88. The molecule has 23 heavy (non-hydrogen) atoms. The summed E-state index contributed by atoms with van der Waals surface area (Å²) in [6.07, 6.45) is -14.1. The minimum absolute atomic E-state index is 0.329. The molecule has 0 heterocycles. The number of rotatable bonds is 7. The van der Waals surface area contributed by atoms with Gasteiger partial charge in [-0.3, -0.25) is 4.79 Å². The van der Waals surface area contributed by atoms with Gasteiger partial charge >= 0.3 is 18.3 Å². The fourth-order valence-electron chi connectivity index (χ4n) is 2.15. The first-order valence-electron chi connectivity index (χ1n) is 7.21. The summed E-state index contributed by atoms with van der Waals surface area (Å²) in [5, 5.41) is 9.09. The minimum atomic E-state index is -5.93. The number of carbonyl (C=O) groups excluding carboxylic acids is 1. The van der Waals surface area contributed by atoms with E-state index in [0.717, 1.165) is 6.92 Å². The zero-order valence-electron chi connectivity index (χ0n) is 13.4. The highest BCUT2D eigenvalue weighted by molar-refractivity contribution is 5.76. The average Bonchev–Trinajstić information content (AvgIpc) is 2.35. The van der Waals surface area contributed by atoms with Crippen molar-refractivity contribution in [3.8, 4) is 0 Å². The SMILES string of the molecule is CCCC(C)(CC)C(=O)OC(C)CC(O)(C(F)(F)F)C(F)(F)F. The maximum Gasteiger partial charge on any atom is 0.426 e. The van der Waals surface area contributed by atoms with Crippen LogP contribution < -0.4 is 0 Å². The molecule has 0 saturated carbocycles. The van der Waals surface area contributed by atoms with E-state index in [0.29, 0.717) is 19.3 Å². The van der Waals surface area contributed by atoms with Gasteiger partial charge in [-0.05, 0) is 26.7 Å². The van der Waals surface area contributed by atoms with E-state index in [-0.39, 0.29) is 0 Å². The summed E-state index contributed by atoms with van der Waals surface area (Å²) in [5.41, 5.74) is -5.91. The summed E-state index contributed by atoms with van der Waals surface area (Å²) in [7, 11) is 0. The molecule has 0 aromatic rings. The third-order valence-corrected chi connectivity index (χ3v) is 3.90. The van der Waals surface area contributed by atoms with Gasteiger partial charge in [0.25, 0.3) is 5.60 Å². The van der Waals surface area contributed by atoms with E-state index in [9.17, 15) is 31.1 Å². The third-order valence-electron chi connectivity index (χ3n) is 3.90. The molecule has 0 amide bonds. The van der Waals surface area contributed by atoms with Crippen LogP contribution >= 0.6 is 0 Å². The predicted octanol–water partition coefficient (Wildman–Crippen LogP) is 4.38. The standard InChI is InChI=1S/C14H22F6O3/c1-5-7-11(4,6-2)10(21)23-9(3)8-12(22,13(15,16)17)14(18,19)20/h9,22H,5-8H2,1-4H3. The lowest BCUT2D eigenvalue weighted by molar-refractivity contribution is -0.373. The number of esters is 1. The van der Waals surface area contributed by atoms with E-state index in [1.807, 2.05) is 0 Å². The molecule has 0 aliphatic carbocycles. The number of hydrogen-bond acceptors (Lipinski definition) is 3. The Morgan fingerprint density at radius 3 is 1.83 bits per heavy atom. The number of alkyl halides is 6. The van der Waals surface area contributed by atoms with Crippen LogP contribution in [0.1, 0.15) is 53.4 Å². The fourth-order valence-corrected chi connectivity index (χ4v) is 2.15. The highest BCUT2D eigenvalue weighted by Crippen LogP contribution is 2.46. The Hall–Kier alpha value is -0.990. The number of hydrogen-bond donors (Lipinski definition) is 1. The predicted molar refractivity (Wildman–Crippen MR) is 70.5 cm³/mol. The van der Waals surface area contributed by atoms with Crippen molar-refractivity contribution in [2.75, 3.05) is 0 Å². The third kappa shape index (κ3) is 4.99. The quantitative estimate of drug-likeness (QED) is 0.546. The van der Waals surface area contributed by atoms with Gasteiger partial charge in [0.2, 0.25) is 0 Å². The van der Waals surface area contributed by atoms with Crippen molar-refractivity contribution in [2.24, 2.45) is 5.41 Å². The second-order valence-corrected chi connectivity index (χ2v) is 5.94. The van der Waals surface area contributed by atoms with E-state index < -0.39 is 41.9 Å². The molecule has 2 unspecified atom stereocenters. The van der Waals surface area contributed by atoms with Gasteiger partial charge in [0, 0.05) is 6.42 Å². The van der Waals surface area contributed by atoms with Crippen molar-refractivity contribution in [1.29, 1.82) is 0 Å². The molecule has 138 valence electrons. The van der Waals surface area contributed by atoms with Crippen LogP contribution in [0.2, 0.25) is 0 Å². The minimum Gasteiger partial charge on any atom is -0.462 e. The largest absolute Gasteiger partial charge is 0.462 e. The van der Waals surface area contributed by atoms with Crippen molar-refractivity contribution in [2.45, 2.75) is 77.4 Å². The summed E-state index contributed by atoms with van der Waals surface area (Å²) in [6, 6.07) is 0. The molecule has 0 rings (SSSR count). The summed E-state index contributed by atoms with van der Waals surface area (Å²) in [4.78, 5) is 12.0. The van der Waals surface area contributed by atoms with Crippen LogP contribution in [0.15, 0.2) is 0 Å². The zero-order chi connectivity index (χ0) is 18.7. The lowest BCUT2D eigenvalue weighted by Crippen LogP contribution is -2.58. The van der Waals surface area contributed by atoms with Crippen molar-refractivity contribution in [1.82, 2.24) is 0 Å². The van der Waals surface area contributed by atoms with E-state index >= 15 is 0 Å². The highest BCUT2D eigenvalue weighted by Gasteiger charge is 2.70. The summed E-state index contributed by atoms with van der Waals surface area (Å²) >= 11 is 0. The van der Waals surface area contributed by atoms with Crippen molar-refractivity contribution >= 4 is 5.97 Å². The molecule has 3 nitrogen and oxygen atoms in total. The molecule has 2 atom stereocenters. The number of ether oxygens (including phenoxy) is 1. The van der Waals surface area contributed by atoms with Crippen molar-refractivity contribution in [3.63, 3.8) is 0 Å². The van der Waals surface area contributed by atoms with Crippen molar-refractivity contribution in [3.05, 3.63) is 0 Å². The van der Waals surface area contributed by atoms with E-state index in [4.69, 9.17) is 9.84 Å². The Morgan fingerprint density at radius 2 is 1.52 bits per heavy atom.